The molecule has 1 amide bonds. The molecule has 3 aromatic rings. The Bertz CT molecular complexity index is 1140. The molecule has 0 atom stereocenters. The van der Waals surface area contributed by atoms with Crippen molar-refractivity contribution < 1.29 is 18.7 Å². The fraction of sp³-hybridized carbons (Fsp3) is 0.333. The molecule has 0 saturated heterocycles. The number of carbonyl (C=O) groups is 1. The first-order valence-electron chi connectivity index (χ1n) is 10.5. The molecule has 3 rings (SSSR count). The summed E-state index contributed by atoms with van der Waals surface area (Å²) in [5.74, 6) is 0.0180. The van der Waals surface area contributed by atoms with E-state index in [1.807, 2.05) is 26.8 Å². The maximum atomic E-state index is 14.6. The summed E-state index contributed by atoms with van der Waals surface area (Å²) in [5, 5.41) is 14.1. The van der Waals surface area contributed by atoms with Gasteiger partial charge in [0, 0.05) is 31.0 Å². The summed E-state index contributed by atoms with van der Waals surface area (Å²) < 4.78 is 24.6. The number of nitrogens with one attached hydrogen (secondary N) is 2. The zero-order valence-corrected chi connectivity index (χ0v) is 19.4. The molecule has 0 saturated carbocycles. The lowest BCUT2D eigenvalue weighted by Gasteiger charge is -2.23. The van der Waals surface area contributed by atoms with Crippen molar-refractivity contribution in [2.75, 3.05) is 31.4 Å². The summed E-state index contributed by atoms with van der Waals surface area (Å²) in [6.45, 7) is 6.35. The Morgan fingerprint density at radius 1 is 1.15 bits per heavy atom. The van der Waals surface area contributed by atoms with Crippen LogP contribution >= 0.6 is 0 Å². The van der Waals surface area contributed by atoms with Crippen molar-refractivity contribution in [1.82, 2.24) is 15.2 Å². The van der Waals surface area contributed by atoms with Crippen molar-refractivity contribution in [3.05, 3.63) is 54.1 Å². The smallest absolute Gasteiger partial charge is 0.412 e. The van der Waals surface area contributed by atoms with Crippen LogP contribution in [0.1, 0.15) is 25.8 Å². The number of nitrogens with zero attached hydrogens (tertiary/aromatic N) is 3. The molecule has 0 unspecified atom stereocenters. The van der Waals surface area contributed by atoms with Gasteiger partial charge in [-0.25, -0.2) is 14.2 Å². The Morgan fingerprint density at radius 2 is 1.94 bits per heavy atom. The quantitative estimate of drug-likeness (QED) is 0.492. The van der Waals surface area contributed by atoms with Crippen LogP contribution in [0.3, 0.4) is 0 Å². The third-order valence-electron chi connectivity index (χ3n) is 5.35. The molecule has 2 aromatic heterocycles. The zero-order valence-electron chi connectivity index (χ0n) is 19.4. The molecule has 0 fully saturated rings. The summed E-state index contributed by atoms with van der Waals surface area (Å²) >= 11 is 0. The van der Waals surface area contributed by atoms with Crippen molar-refractivity contribution in [3.63, 3.8) is 0 Å². The van der Waals surface area contributed by atoms with Gasteiger partial charge in [0.25, 0.3) is 0 Å². The van der Waals surface area contributed by atoms with Gasteiger partial charge in [-0.3, -0.25) is 5.32 Å². The van der Waals surface area contributed by atoms with Gasteiger partial charge in [0.05, 0.1) is 30.3 Å². The highest BCUT2D eigenvalue weighted by atomic mass is 19.1. The molecule has 2 heterocycles. The Balaban J connectivity index is 1.88. The minimum atomic E-state index is -0.607. The lowest BCUT2D eigenvalue weighted by atomic mass is 10.0. The van der Waals surface area contributed by atoms with Crippen LogP contribution in [0.2, 0.25) is 0 Å². The topological polar surface area (TPSA) is 98.3 Å². The van der Waals surface area contributed by atoms with E-state index in [0.717, 1.165) is 22.3 Å². The second-order valence-corrected chi connectivity index (χ2v) is 8.16. The highest BCUT2D eigenvalue weighted by Crippen LogP contribution is 2.30. The number of halogens is 1. The van der Waals surface area contributed by atoms with E-state index in [4.69, 9.17) is 4.74 Å². The van der Waals surface area contributed by atoms with E-state index in [-0.39, 0.29) is 11.4 Å². The molecule has 1 aromatic carbocycles. The van der Waals surface area contributed by atoms with Crippen LogP contribution < -0.4 is 10.6 Å². The normalized spacial score (nSPS) is 11.2. The van der Waals surface area contributed by atoms with E-state index in [9.17, 15) is 9.18 Å². The lowest BCUT2D eigenvalue weighted by Crippen LogP contribution is -2.25. The van der Waals surface area contributed by atoms with E-state index in [1.54, 1.807) is 37.7 Å². The second kappa shape index (κ2) is 10.4. The SMILES string of the molecule is COC(=O)Nc1cc(-c2cnnc(-c3cc(NCCC(C)(C)OC)c(F)cc3C)c2)ccn1. The van der Waals surface area contributed by atoms with Crippen molar-refractivity contribution >= 4 is 17.6 Å². The Kier molecular flexibility index (Phi) is 7.55. The van der Waals surface area contributed by atoms with Crippen LogP contribution in [0.4, 0.5) is 20.7 Å². The average Bonchev–Trinajstić information content (AvgIpc) is 2.80. The number of benzene rings is 1. The predicted octanol–water partition coefficient (Wildman–Crippen LogP) is 5.06. The predicted molar refractivity (Wildman–Crippen MR) is 126 cm³/mol. The van der Waals surface area contributed by atoms with Crippen molar-refractivity contribution in [3.8, 4) is 22.4 Å². The molecule has 9 heteroatoms. The van der Waals surface area contributed by atoms with Crippen molar-refractivity contribution in [1.29, 1.82) is 0 Å². The molecule has 0 aliphatic rings. The third-order valence-corrected chi connectivity index (χ3v) is 5.35. The van der Waals surface area contributed by atoms with Gasteiger partial charge in [0.1, 0.15) is 11.6 Å². The van der Waals surface area contributed by atoms with Crippen molar-refractivity contribution in [2.24, 2.45) is 0 Å². The van der Waals surface area contributed by atoms with Crippen LogP contribution in [0.25, 0.3) is 22.4 Å². The Hall–Kier alpha value is -3.59. The number of hydrogen-bond donors (Lipinski definition) is 2. The minimum Gasteiger partial charge on any atom is -0.453 e. The van der Waals surface area contributed by atoms with Crippen LogP contribution in [-0.4, -0.2) is 47.6 Å². The monoisotopic (exact) mass is 453 g/mol. The molecule has 0 aliphatic carbocycles. The summed E-state index contributed by atoms with van der Waals surface area (Å²) in [4.78, 5) is 15.6. The number of methoxy groups -OCH3 is 2. The Labute approximate surface area is 192 Å². The van der Waals surface area contributed by atoms with E-state index in [2.05, 4.69) is 30.6 Å². The van der Waals surface area contributed by atoms with Crippen LogP contribution in [0.5, 0.6) is 0 Å². The number of ether oxygens (including phenoxy) is 2. The van der Waals surface area contributed by atoms with Crippen LogP contribution in [0.15, 0.2) is 42.7 Å². The first-order valence-corrected chi connectivity index (χ1v) is 10.5. The molecule has 174 valence electrons. The first kappa shape index (κ1) is 24.1. The number of anilines is 2. The molecule has 0 bridgehead atoms. The number of amides is 1. The van der Waals surface area contributed by atoms with Gasteiger partial charge in [-0.1, -0.05) is 0 Å². The zero-order chi connectivity index (χ0) is 24.0. The van der Waals surface area contributed by atoms with E-state index >= 15 is 0 Å². The summed E-state index contributed by atoms with van der Waals surface area (Å²) in [6.07, 6.45) is 3.30. The maximum Gasteiger partial charge on any atom is 0.412 e. The number of aromatic nitrogens is 3. The van der Waals surface area contributed by atoms with Crippen LogP contribution in [-0.2, 0) is 9.47 Å². The van der Waals surface area contributed by atoms with E-state index < -0.39 is 6.09 Å². The standard InChI is InChI=1S/C24H28FN5O3/c1-15-10-19(25)21(26-9-7-24(2,3)33-5)13-18(15)20-11-17(14-28-30-20)16-6-8-27-22(12-16)29-23(31)32-4/h6,8,10-14,26H,7,9H2,1-5H3,(H,27,29,31). The first-order chi connectivity index (χ1) is 15.7. The average molecular weight is 454 g/mol. The largest absolute Gasteiger partial charge is 0.453 e. The number of pyridine rings is 1. The fourth-order valence-corrected chi connectivity index (χ4v) is 3.17. The summed E-state index contributed by atoms with van der Waals surface area (Å²) in [7, 11) is 2.94. The maximum absolute atomic E-state index is 14.6. The highest BCUT2D eigenvalue weighted by Gasteiger charge is 2.17. The summed E-state index contributed by atoms with van der Waals surface area (Å²) in [6, 6.07) is 8.60. The second-order valence-electron chi connectivity index (χ2n) is 8.16. The molecule has 33 heavy (non-hydrogen) atoms. The molecule has 0 radical (unpaired) electrons. The van der Waals surface area contributed by atoms with Gasteiger partial charge < -0.3 is 14.8 Å². The van der Waals surface area contributed by atoms with Gasteiger partial charge >= 0.3 is 6.09 Å². The number of aryl methyl sites for hydroxylation is 1. The fourth-order valence-electron chi connectivity index (χ4n) is 3.17. The number of rotatable bonds is 8. The third kappa shape index (κ3) is 6.23. The number of hydrogen-bond acceptors (Lipinski definition) is 7. The van der Waals surface area contributed by atoms with Gasteiger partial charge in [-0.05, 0) is 68.7 Å². The Morgan fingerprint density at radius 3 is 2.67 bits per heavy atom. The molecule has 0 spiro atoms. The van der Waals surface area contributed by atoms with Gasteiger partial charge in [-0.2, -0.15) is 10.2 Å². The molecule has 0 aliphatic heterocycles. The highest BCUT2D eigenvalue weighted by molar-refractivity contribution is 5.84. The lowest BCUT2D eigenvalue weighted by molar-refractivity contribution is 0.0184. The molecular weight excluding hydrogens is 425 g/mol. The van der Waals surface area contributed by atoms with E-state index in [1.165, 1.54) is 13.2 Å². The van der Waals surface area contributed by atoms with E-state index in [0.29, 0.717) is 30.2 Å². The van der Waals surface area contributed by atoms with Crippen molar-refractivity contribution in [2.45, 2.75) is 32.8 Å². The molecular formula is C24H28FN5O3. The minimum absolute atomic E-state index is 0.303. The van der Waals surface area contributed by atoms with Gasteiger partial charge in [-0.15, -0.1) is 0 Å². The number of carbonyl (C=O) groups excluding carboxylic acids is 1. The van der Waals surface area contributed by atoms with Crippen LogP contribution in [0, 0.1) is 12.7 Å². The molecule has 2 N–H and O–H groups in total. The summed E-state index contributed by atoms with van der Waals surface area (Å²) in [5.41, 5.74) is 3.75. The molecule has 8 nitrogen and oxygen atoms in total. The van der Waals surface area contributed by atoms with Gasteiger partial charge in [0.2, 0.25) is 0 Å². The van der Waals surface area contributed by atoms with Gasteiger partial charge in [0.15, 0.2) is 0 Å².